The second-order valence-electron chi connectivity index (χ2n) is 3.46. The van der Waals surface area contributed by atoms with Crippen LogP contribution < -0.4 is 5.32 Å². The molecule has 0 spiro atoms. The van der Waals surface area contributed by atoms with Gasteiger partial charge in [-0.2, -0.15) is 0 Å². The lowest BCUT2D eigenvalue weighted by molar-refractivity contribution is 0.701. The Hall–Kier alpha value is -0.540. The van der Waals surface area contributed by atoms with Gasteiger partial charge < -0.3 is 5.32 Å². The minimum absolute atomic E-state index is 0.776. The van der Waals surface area contributed by atoms with Crippen LogP contribution in [-0.4, -0.2) is 0 Å². The third-order valence-electron chi connectivity index (χ3n) is 2.14. The lowest BCUT2D eigenvalue weighted by atomic mass is 10.2. The fourth-order valence-electron chi connectivity index (χ4n) is 1.42. The van der Waals surface area contributed by atoms with Gasteiger partial charge in [-0.1, -0.05) is 35.3 Å². The molecule has 0 aliphatic heterocycles. The van der Waals surface area contributed by atoms with Crippen LogP contribution in [0.3, 0.4) is 0 Å². The van der Waals surface area contributed by atoms with Gasteiger partial charge in [-0.15, -0.1) is 11.3 Å². The molecule has 0 atom stereocenters. The van der Waals surface area contributed by atoms with Crippen LogP contribution in [0.2, 0.25) is 10.0 Å². The van der Waals surface area contributed by atoms with Crippen molar-refractivity contribution < 1.29 is 0 Å². The summed E-state index contributed by atoms with van der Waals surface area (Å²) >= 11 is 13.4. The molecule has 2 rings (SSSR count). The molecule has 0 aliphatic carbocycles. The summed E-state index contributed by atoms with van der Waals surface area (Å²) in [5.74, 6) is 0. The zero-order valence-corrected chi connectivity index (χ0v) is 10.9. The number of benzene rings is 1. The van der Waals surface area contributed by atoms with E-state index in [1.165, 1.54) is 10.4 Å². The molecule has 2 aromatic rings. The second-order valence-corrected chi connectivity index (χ2v) is 5.33. The van der Waals surface area contributed by atoms with Crippen molar-refractivity contribution in [3.8, 4) is 0 Å². The largest absolute Gasteiger partial charge is 0.308 e. The molecule has 1 heterocycles. The van der Waals surface area contributed by atoms with Gasteiger partial charge in [-0.25, -0.2) is 0 Å². The molecule has 0 bridgehead atoms. The highest BCUT2D eigenvalue weighted by molar-refractivity contribution is 7.10. The Labute approximate surface area is 109 Å². The lowest BCUT2D eigenvalue weighted by Gasteiger charge is -2.03. The van der Waals surface area contributed by atoms with E-state index in [0.717, 1.165) is 23.1 Å². The standard InChI is InChI=1S/C12H11Cl2NS/c13-10-3-1-2-9(4-10)6-15-7-12-5-11(14)8-16-12/h1-5,8,15H,6-7H2. The highest BCUT2D eigenvalue weighted by Gasteiger charge is 1.98. The minimum Gasteiger partial charge on any atom is -0.308 e. The summed E-state index contributed by atoms with van der Waals surface area (Å²) in [6.07, 6.45) is 0. The molecule has 0 radical (unpaired) electrons. The Morgan fingerprint density at radius 3 is 2.62 bits per heavy atom. The predicted molar refractivity (Wildman–Crippen MR) is 71.3 cm³/mol. The minimum atomic E-state index is 0.776. The molecular weight excluding hydrogens is 261 g/mol. The maximum Gasteiger partial charge on any atom is 0.0516 e. The lowest BCUT2D eigenvalue weighted by Crippen LogP contribution is -2.11. The topological polar surface area (TPSA) is 12.0 Å². The number of hydrogen-bond donors (Lipinski definition) is 1. The van der Waals surface area contributed by atoms with Crippen molar-refractivity contribution in [2.75, 3.05) is 0 Å². The summed E-state index contributed by atoms with van der Waals surface area (Å²) in [6.45, 7) is 1.65. The molecule has 0 saturated heterocycles. The second kappa shape index (κ2) is 5.69. The first-order valence-corrected chi connectivity index (χ1v) is 6.55. The Bertz CT molecular complexity index is 468. The highest BCUT2D eigenvalue weighted by Crippen LogP contribution is 2.19. The van der Waals surface area contributed by atoms with E-state index in [0.29, 0.717) is 0 Å². The molecule has 1 N–H and O–H groups in total. The van der Waals surface area contributed by atoms with Crippen LogP contribution in [0.5, 0.6) is 0 Å². The van der Waals surface area contributed by atoms with Gasteiger partial charge >= 0.3 is 0 Å². The van der Waals surface area contributed by atoms with Gasteiger partial charge in [0.1, 0.15) is 0 Å². The normalized spacial score (nSPS) is 10.6. The van der Waals surface area contributed by atoms with Gasteiger partial charge in [0.2, 0.25) is 0 Å². The molecule has 0 saturated carbocycles. The zero-order valence-electron chi connectivity index (χ0n) is 8.54. The van der Waals surface area contributed by atoms with E-state index >= 15 is 0 Å². The van der Waals surface area contributed by atoms with Crippen LogP contribution in [0.25, 0.3) is 0 Å². The van der Waals surface area contributed by atoms with E-state index in [2.05, 4.69) is 11.4 Å². The quantitative estimate of drug-likeness (QED) is 0.872. The van der Waals surface area contributed by atoms with E-state index in [1.807, 2.05) is 29.6 Å². The maximum absolute atomic E-state index is 5.90. The fourth-order valence-corrected chi connectivity index (χ4v) is 2.68. The fraction of sp³-hybridized carbons (Fsp3) is 0.167. The van der Waals surface area contributed by atoms with Gasteiger partial charge in [0.05, 0.1) is 5.02 Å². The monoisotopic (exact) mass is 271 g/mol. The smallest absolute Gasteiger partial charge is 0.0516 e. The third-order valence-corrected chi connectivity index (χ3v) is 3.66. The number of halogens is 2. The van der Waals surface area contributed by atoms with Crippen LogP contribution in [0, 0.1) is 0 Å². The van der Waals surface area contributed by atoms with Gasteiger partial charge in [0.25, 0.3) is 0 Å². The Morgan fingerprint density at radius 1 is 1.06 bits per heavy atom. The molecule has 1 nitrogen and oxygen atoms in total. The van der Waals surface area contributed by atoms with Crippen molar-refractivity contribution in [1.29, 1.82) is 0 Å². The summed E-state index contributed by atoms with van der Waals surface area (Å²) in [5.41, 5.74) is 1.19. The van der Waals surface area contributed by atoms with Crippen LogP contribution in [0.4, 0.5) is 0 Å². The van der Waals surface area contributed by atoms with Crippen molar-refractivity contribution in [2.24, 2.45) is 0 Å². The average molecular weight is 272 g/mol. The van der Waals surface area contributed by atoms with Crippen LogP contribution >= 0.6 is 34.5 Å². The van der Waals surface area contributed by atoms with Crippen LogP contribution in [0.1, 0.15) is 10.4 Å². The average Bonchev–Trinajstić information content (AvgIpc) is 2.64. The first-order chi connectivity index (χ1) is 7.74. The highest BCUT2D eigenvalue weighted by atomic mass is 35.5. The van der Waals surface area contributed by atoms with E-state index in [1.54, 1.807) is 11.3 Å². The summed E-state index contributed by atoms with van der Waals surface area (Å²) in [7, 11) is 0. The molecule has 16 heavy (non-hydrogen) atoms. The summed E-state index contributed by atoms with van der Waals surface area (Å²) < 4.78 is 0. The van der Waals surface area contributed by atoms with Crippen molar-refractivity contribution >= 4 is 34.5 Å². The molecule has 1 aromatic carbocycles. The molecule has 0 aliphatic rings. The van der Waals surface area contributed by atoms with Crippen molar-refractivity contribution in [2.45, 2.75) is 13.1 Å². The number of nitrogens with one attached hydrogen (secondary N) is 1. The van der Waals surface area contributed by atoms with Crippen molar-refractivity contribution in [3.63, 3.8) is 0 Å². The maximum atomic E-state index is 5.90. The van der Waals surface area contributed by atoms with E-state index in [9.17, 15) is 0 Å². The number of rotatable bonds is 4. The van der Waals surface area contributed by atoms with Gasteiger partial charge in [-0.05, 0) is 23.8 Å². The summed E-state index contributed by atoms with van der Waals surface area (Å²) in [4.78, 5) is 1.24. The Kier molecular flexibility index (Phi) is 4.24. The molecule has 0 fully saturated rings. The SMILES string of the molecule is Clc1cccc(CNCc2cc(Cl)cs2)c1. The van der Waals surface area contributed by atoms with Crippen LogP contribution in [0.15, 0.2) is 35.7 Å². The first-order valence-electron chi connectivity index (χ1n) is 4.92. The predicted octanol–water partition coefficient (Wildman–Crippen LogP) is 4.34. The molecule has 1 aromatic heterocycles. The molecule has 84 valence electrons. The summed E-state index contributed by atoms with van der Waals surface area (Å²) in [6, 6.07) is 9.85. The number of hydrogen-bond acceptors (Lipinski definition) is 2. The van der Waals surface area contributed by atoms with Crippen LogP contribution in [-0.2, 0) is 13.1 Å². The Morgan fingerprint density at radius 2 is 1.94 bits per heavy atom. The summed E-state index contributed by atoms with van der Waals surface area (Å²) in [5, 5.41) is 6.88. The van der Waals surface area contributed by atoms with Gasteiger partial charge in [0.15, 0.2) is 0 Å². The molecule has 0 amide bonds. The molecular formula is C12H11Cl2NS. The van der Waals surface area contributed by atoms with E-state index < -0.39 is 0 Å². The van der Waals surface area contributed by atoms with E-state index in [4.69, 9.17) is 23.2 Å². The van der Waals surface area contributed by atoms with E-state index in [-0.39, 0.29) is 0 Å². The number of thiophene rings is 1. The Balaban J connectivity index is 1.84. The van der Waals surface area contributed by atoms with Crippen molar-refractivity contribution in [3.05, 3.63) is 56.2 Å². The van der Waals surface area contributed by atoms with Crippen molar-refractivity contribution in [1.82, 2.24) is 5.32 Å². The third kappa shape index (κ3) is 3.49. The molecule has 4 heteroatoms. The van der Waals surface area contributed by atoms with Gasteiger partial charge in [0, 0.05) is 28.4 Å². The zero-order chi connectivity index (χ0) is 11.4. The first kappa shape index (κ1) is 11.9. The molecule has 0 unspecified atom stereocenters. The van der Waals surface area contributed by atoms with Gasteiger partial charge in [-0.3, -0.25) is 0 Å².